The minimum absolute atomic E-state index is 0.628. The van der Waals surface area contributed by atoms with Crippen LogP contribution < -0.4 is 5.32 Å². The zero-order valence-electron chi connectivity index (χ0n) is 10.9. The van der Waals surface area contributed by atoms with Gasteiger partial charge in [-0.25, -0.2) is 0 Å². The number of halogens is 2. The molecule has 0 bridgehead atoms. The summed E-state index contributed by atoms with van der Waals surface area (Å²) in [7, 11) is 0. The quantitative estimate of drug-likeness (QED) is 0.819. The molecule has 0 aliphatic heterocycles. The molecule has 1 saturated carbocycles. The Hall–Kier alpha value is -0.240. The highest BCUT2D eigenvalue weighted by Gasteiger charge is 2.23. The second kappa shape index (κ2) is 6.79. The van der Waals surface area contributed by atoms with Gasteiger partial charge in [-0.1, -0.05) is 42.6 Å². The molecule has 0 heterocycles. The molecule has 1 nitrogen and oxygen atoms in total. The lowest BCUT2D eigenvalue weighted by Gasteiger charge is -2.30. The zero-order chi connectivity index (χ0) is 13.0. The Morgan fingerprint density at radius 2 is 2.06 bits per heavy atom. The first-order valence-electron chi connectivity index (χ1n) is 6.89. The molecule has 18 heavy (non-hydrogen) atoms. The zero-order valence-corrected chi connectivity index (χ0v) is 12.4. The van der Waals surface area contributed by atoms with Crippen LogP contribution in [-0.2, 0) is 0 Å². The Kier molecular flexibility index (Phi) is 5.35. The third-order valence-corrected chi connectivity index (χ3v) is 4.51. The maximum Gasteiger partial charge on any atom is 0.0595 e. The maximum atomic E-state index is 6.11. The van der Waals surface area contributed by atoms with Gasteiger partial charge in [0, 0.05) is 6.04 Å². The standard InChI is InChI=1S/C15H21Cl2N/c1-2-8-18-13-5-3-4-11(9-13)12-6-7-14(16)15(17)10-12/h6-7,10-11,13,18H,2-5,8-9H2,1H3. The molecule has 1 aliphatic rings. The number of benzene rings is 1. The van der Waals surface area contributed by atoms with Crippen molar-refractivity contribution >= 4 is 23.2 Å². The minimum atomic E-state index is 0.628. The molecule has 2 atom stereocenters. The van der Waals surface area contributed by atoms with Crippen molar-refractivity contribution in [3.05, 3.63) is 33.8 Å². The molecule has 1 N–H and O–H groups in total. The summed E-state index contributed by atoms with van der Waals surface area (Å²) in [5, 5.41) is 4.97. The smallest absolute Gasteiger partial charge is 0.0595 e. The van der Waals surface area contributed by atoms with Crippen LogP contribution in [0.2, 0.25) is 10.0 Å². The monoisotopic (exact) mass is 285 g/mol. The molecular formula is C15H21Cl2N. The molecule has 0 spiro atoms. The van der Waals surface area contributed by atoms with Crippen LogP contribution in [0.1, 0.15) is 50.5 Å². The molecular weight excluding hydrogens is 265 g/mol. The van der Waals surface area contributed by atoms with Crippen molar-refractivity contribution in [2.45, 2.75) is 51.0 Å². The Morgan fingerprint density at radius 3 is 2.78 bits per heavy atom. The van der Waals surface area contributed by atoms with E-state index in [4.69, 9.17) is 23.2 Å². The fraction of sp³-hybridized carbons (Fsp3) is 0.600. The van der Waals surface area contributed by atoms with Gasteiger partial charge in [0.2, 0.25) is 0 Å². The summed E-state index contributed by atoms with van der Waals surface area (Å²) in [4.78, 5) is 0. The van der Waals surface area contributed by atoms with Crippen molar-refractivity contribution in [1.82, 2.24) is 5.32 Å². The number of nitrogens with one attached hydrogen (secondary N) is 1. The second-order valence-corrected chi connectivity index (χ2v) is 6.00. The SMILES string of the molecule is CCCNC1CCCC(c2ccc(Cl)c(Cl)c2)C1. The Morgan fingerprint density at radius 1 is 1.22 bits per heavy atom. The molecule has 1 aliphatic carbocycles. The summed E-state index contributed by atoms with van der Waals surface area (Å²) >= 11 is 12.1. The average molecular weight is 286 g/mol. The lowest BCUT2D eigenvalue weighted by atomic mass is 9.81. The molecule has 1 fully saturated rings. The molecule has 0 aromatic heterocycles. The second-order valence-electron chi connectivity index (χ2n) is 5.19. The maximum absolute atomic E-state index is 6.11. The molecule has 0 radical (unpaired) electrons. The van der Waals surface area contributed by atoms with Crippen LogP contribution in [0.5, 0.6) is 0 Å². The Balaban J connectivity index is 2.01. The predicted octanol–water partition coefficient (Wildman–Crippen LogP) is 5.02. The normalized spacial score (nSPS) is 24.2. The van der Waals surface area contributed by atoms with Crippen LogP contribution >= 0.6 is 23.2 Å². The van der Waals surface area contributed by atoms with E-state index < -0.39 is 0 Å². The summed E-state index contributed by atoms with van der Waals surface area (Å²) in [5.41, 5.74) is 1.34. The van der Waals surface area contributed by atoms with Crippen molar-refractivity contribution in [3.63, 3.8) is 0 Å². The van der Waals surface area contributed by atoms with Gasteiger partial charge >= 0.3 is 0 Å². The Bertz CT molecular complexity index is 392. The third-order valence-electron chi connectivity index (χ3n) is 3.77. The van der Waals surface area contributed by atoms with Gasteiger partial charge in [-0.05, 0) is 55.8 Å². The molecule has 100 valence electrons. The van der Waals surface area contributed by atoms with Gasteiger partial charge < -0.3 is 5.32 Å². The summed E-state index contributed by atoms with van der Waals surface area (Å²) < 4.78 is 0. The molecule has 0 saturated heterocycles. The lowest BCUT2D eigenvalue weighted by molar-refractivity contribution is 0.340. The molecule has 2 unspecified atom stereocenters. The summed E-state index contributed by atoms with van der Waals surface area (Å²) in [6, 6.07) is 6.75. The Labute approximate surface area is 120 Å². The van der Waals surface area contributed by atoms with Crippen LogP contribution in [0, 0.1) is 0 Å². The highest BCUT2D eigenvalue weighted by atomic mass is 35.5. The first-order valence-corrected chi connectivity index (χ1v) is 7.64. The molecule has 3 heteroatoms. The fourth-order valence-electron chi connectivity index (χ4n) is 2.79. The lowest BCUT2D eigenvalue weighted by Crippen LogP contribution is -2.33. The first kappa shape index (κ1) is 14.2. The van der Waals surface area contributed by atoms with Gasteiger partial charge in [0.1, 0.15) is 0 Å². The van der Waals surface area contributed by atoms with Crippen molar-refractivity contribution in [2.75, 3.05) is 6.54 Å². The van der Waals surface area contributed by atoms with E-state index in [1.807, 2.05) is 12.1 Å². The van der Waals surface area contributed by atoms with E-state index in [1.165, 1.54) is 37.7 Å². The van der Waals surface area contributed by atoms with Crippen molar-refractivity contribution < 1.29 is 0 Å². The van der Waals surface area contributed by atoms with E-state index in [0.29, 0.717) is 22.0 Å². The highest BCUT2D eigenvalue weighted by Crippen LogP contribution is 2.35. The van der Waals surface area contributed by atoms with Crippen LogP contribution in [0.15, 0.2) is 18.2 Å². The fourth-order valence-corrected chi connectivity index (χ4v) is 3.10. The van der Waals surface area contributed by atoms with Crippen molar-refractivity contribution in [1.29, 1.82) is 0 Å². The highest BCUT2D eigenvalue weighted by molar-refractivity contribution is 6.42. The van der Waals surface area contributed by atoms with E-state index in [0.717, 1.165) is 6.54 Å². The summed E-state index contributed by atoms with van der Waals surface area (Å²) in [6.45, 7) is 3.34. The van der Waals surface area contributed by atoms with E-state index >= 15 is 0 Å². The van der Waals surface area contributed by atoms with Gasteiger partial charge in [-0.15, -0.1) is 0 Å². The molecule has 1 aromatic rings. The first-order chi connectivity index (χ1) is 8.70. The predicted molar refractivity (Wildman–Crippen MR) is 79.8 cm³/mol. The summed E-state index contributed by atoms with van der Waals surface area (Å²) in [5.74, 6) is 0.628. The van der Waals surface area contributed by atoms with Crippen molar-refractivity contribution in [3.8, 4) is 0 Å². The van der Waals surface area contributed by atoms with Crippen molar-refractivity contribution in [2.24, 2.45) is 0 Å². The minimum Gasteiger partial charge on any atom is -0.314 e. The van der Waals surface area contributed by atoms with Gasteiger partial charge in [-0.3, -0.25) is 0 Å². The third kappa shape index (κ3) is 3.63. The van der Waals surface area contributed by atoms with Crippen LogP contribution in [0.4, 0.5) is 0 Å². The number of rotatable bonds is 4. The van der Waals surface area contributed by atoms with Crippen LogP contribution in [0.3, 0.4) is 0 Å². The number of hydrogen-bond donors (Lipinski definition) is 1. The molecule has 1 aromatic carbocycles. The van der Waals surface area contributed by atoms with Gasteiger partial charge in [0.25, 0.3) is 0 Å². The number of hydrogen-bond acceptors (Lipinski definition) is 1. The van der Waals surface area contributed by atoms with Gasteiger partial charge in [-0.2, -0.15) is 0 Å². The van der Waals surface area contributed by atoms with E-state index in [1.54, 1.807) is 0 Å². The van der Waals surface area contributed by atoms with E-state index in [9.17, 15) is 0 Å². The van der Waals surface area contributed by atoms with E-state index in [-0.39, 0.29) is 0 Å². The molecule has 0 amide bonds. The van der Waals surface area contributed by atoms with Gasteiger partial charge in [0.05, 0.1) is 10.0 Å². The van der Waals surface area contributed by atoms with Crippen LogP contribution in [0.25, 0.3) is 0 Å². The topological polar surface area (TPSA) is 12.0 Å². The van der Waals surface area contributed by atoms with Crippen LogP contribution in [-0.4, -0.2) is 12.6 Å². The largest absolute Gasteiger partial charge is 0.314 e. The molecule has 2 rings (SSSR count). The summed E-state index contributed by atoms with van der Waals surface area (Å²) in [6.07, 6.45) is 6.29. The average Bonchev–Trinajstić information content (AvgIpc) is 2.40. The van der Waals surface area contributed by atoms with Gasteiger partial charge in [0.15, 0.2) is 0 Å². The van der Waals surface area contributed by atoms with E-state index in [2.05, 4.69) is 18.3 Å².